The molecule has 0 N–H and O–H groups in total. The third-order valence-electron chi connectivity index (χ3n) is 5.27. The Labute approximate surface area is 162 Å². The quantitative estimate of drug-likeness (QED) is 0.693. The number of ether oxygens (including phenoxy) is 2. The first kappa shape index (κ1) is 18.2. The van der Waals surface area contributed by atoms with Gasteiger partial charge in [-0.15, -0.1) is 0 Å². The summed E-state index contributed by atoms with van der Waals surface area (Å²) in [5.74, 6) is 0.721. The Morgan fingerprint density at radius 2 is 1.75 bits per heavy atom. The SMILES string of the molecule is COc1ccc(C(=O)N2CCC(n3c(=O)oc4ccccc43)CC2)cc1OC. The molecule has 0 unspecified atom stereocenters. The lowest BCUT2D eigenvalue weighted by atomic mass is 10.0. The maximum Gasteiger partial charge on any atom is 0.420 e. The van der Waals surface area contributed by atoms with Crippen molar-refractivity contribution in [3.8, 4) is 11.5 Å². The van der Waals surface area contributed by atoms with Crippen LogP contribution in [0.25, 0.3) is 11.1 Å². The molecule has 0 aliphatic carbocycles. The zero-order valence-electron chi connectivity index (χ0n) is 15.9. The number of likely N-dealkylation sites (tertiary alicyclic amines) is 1. The Balaban J connectivity index is 1.50. The van der Waals surface area contributed by atoms with Crippen LogP contribution in [0.2, 0.25) is 0 Å². The fraction of sp³-hybridized carbons (Fsp3) is 0.333. The summed E-state index contributed by atoms with van der Waals surface area (Å²) in [5, 5.41) is 0. The van der Waals surface area contributed by atoms with Crippen LogP contribution in [0.4, 0.5) is 0 Å². The fourth-order valence-electron chi connectivity index (χ4n) is 3.81. The number of aromatic nitrogens is 1. The number of amides is 1. The number of fused-ring (bicyclic) bond motifs is 1. The van der Waals surface area contributed by atoms with Gasteiger partial charge in [-0.05, 0) is 43.2 Å². The summed E-state index contributed by atoms with van der Waals surface area (Å²) in [6.07, 6.45) is 1.39. The Morgan fingerprint density at radius 1 is 1.04 bits per heavy atom. The van der Waals surface area contributed by atoms with Gasteiger partial charge in [0.05, 0.1) is 19.7 Å². The van der Waals surface area contributed by atoms with Crippen molar-refractivity contribution >= 4 is 17.0 Å². The molecule has 0 saturated carbocycles. The largest absolute Gasteiger partial charge is 0.493 e. The molecular formula is C21H22N2O5. The van der Waals surface area contributed by atoms with E-state index < -0.39 is 0 Å². The predicted molar refractivity (Wildman–Crippen MR) is 104 cm³/mol. The second-order valence-electron chi connectivity index (χ2n) is 6.80. The van der Waals surface area contributed by atoms with Crippen molar-refractivity contribution in [1.29, 1.82) is 0 Å². The van der Waals surface area contributed by atoms with Crippen LogP contribution in [0, 0.1) is 0 Å². The van der Waals surface area contributed by atoms with Gasteiger partial charge < -0.3 is 18.8 Å². The molecule has 1 aromatic heterocycles. The molecule has 0 atom stereocenters. The van der Waals surface area contributed by atoms with E-state index >= 15 is 0 Å². The van der Waals surface area contributed by atoms with Crippen LogP contribution >= 0.6 is 0 Å². The van der Waals surface area contributed by atoms with E-state index in [4.69, 9.17) is 13.9 Å². The molecule has 1 aliphatic heterocycles. The van der Waals surface area contributed by atoms with Crippen LogP contribution in [-0.4, -0.2) is 42.7 Å². The summed E-state index contributed by atoms with van der Waals surface area (Å²) in [6.45, 7) is 1.15. The van der Waals surface area contributed by atoms with Crippen LogP contribution in [0.5, 0.6) is 11.5 Å². The van der Waals surface area contributed by atoms with Gasteiger partial charge in [-0.1, -0.05) is 12.1 Å². The molecule has 7 nitrogen and oxygen atoms in total. The summed E-state index contributed by atoms with van der Waals surface area (Å²) in [6, 6.07) is 12.6. The van der Waals surface area contributed by atoms with Crippen LogP contribution in [-0.2, 0) is 0 Å². The Hall–Kier alpha value is -3.22. The number of benzene rings is 2. The molecule has 2 heterocycles. The van der Waals surface area contributed by atoms with Crippen molar-refractivity contribution < 1.29 is 18.7 Å². The van der Waals surface area contributed by atoms with E-state index in [2.05, 4.69) is 0 Å². The molecule has 7 heteroatoms. The van der Waals surface area contributed by atoms with Gasteiger partial charge in [0.25, 0.3) is 5.91 Å². The normalized spacial score (nSPS) is 15.0. The molecule has 0 bridgehead atoms. The van der Waals surface area contributed by atoms with E-state index in [-0.39, 0.29) is 17.7 Å². The van der Waals surface area contributed by atoms with Gasteiger partial charge in [0, 0.05) is 24.7 Å². The molecule has 2 aromatic carbocycles. The Bertz CT molecular complexity index is 1060. The highest BCUT2D eigenvalue weighted by atomic mass is 16.5. The highest BCUT2D eigenvalue weighted by Crippen LogP contribution is 2.30. The molecule has 1 saturated heterocycles. The molecule has 1 aliphatic rings. The number of piperidine rings is 1. The maximum absolute atomic E-state index is 12.9. The zero-order valence-corrected chi connectivity index (χ0v) is 15.9. The van der Waals surface area contributed by atoms with Gasteiger partial charge in [0.1, 0.15) is 0 Å². The minimum absolute atomic E-state index is 0.0191. The van der Waals surface area contributed by atoms with E-state index in [9.17, 15) is 9.59 Å². The first-order valence-corrected chi connectivity index (χ1v) is 9.23. The third-order valence-corrected chi connectivity index (χ3v) is 5.27. The van der Waals surface area contributed by atoms with Gasteiger partial charge >= 0.3 is 5.76 Å². The number of oxazole rings is 1. The summed E-state index contributed by atoms with van der Waals surface area (Å²) in [5.41, 5.74) is 1.95. The highest BCUT2D eigenvalue weighted by Gasteiger charge is 2.27. The summed E-state index contributed by atoms with van der Waals surface area (Å²) >= 11 is 0. The lowest BCUT2D eigenvalue weighted by Crippen LogP contribution is -2.40. The van der Waals surface area contributed by atoms with Gasteiger partial charge in [-0.25, -0.2) is 4.79 Å². The van der Waals surface area contributed by atoms with E-state index in [0.717, 1.165) is 5.52 Å². The van der Waals surface area contributed by atoms with Crippen molar-refractivity contribution in [2.75, 3.05) is 27.3 Å². The van der Waals surface area contributed by atoms with Crippen LogP contribution in [0.3, 0.4) is 0 Å². The first-order valence-electron chi connectivity index (χ1n) is 9.23. The second-order valence-corrected chi connectivity index (χ2v) is 6.80. The molecular weight excluding hydrogens is 360 g/mol. The molecule has 146 valence electrons. The molecule has 1 fully saturated rings. The molecule has 1 amide bonds. The first-order chi connectivity index (χ1) is 13.6. The molecule has 3 aromatic rings. The van der Waals surface area contributed by atoms with Crippen molar-refractivity contribution in [2.45, 2.75) is 18.9 Å². The molecule has 0 radical (unpaired) electrons. The lowest BCUT2D eigenvalue weighted by molar-refractivity contribution is 0.0693. The van der Waals surface area contributed by atoms with Crippen LogP contribution in [0.15, 0.2) is 51.7 Å². The third kappa shape index (κ3) is 3.13. The predicted octanol–water partition coefficient (Wildman–Crippen LogP) is 3.09. The summed E-state index contributed by atoms with van der Waals surface area (Å²) < 4.78 is 17.6. The van der Waals surface area contributed by atoms with Crippen LogP contribution < -0.4 is 15.2 Å². The minimum atomic E-state index is -0.342. The number of carbonyl (C=O) groups excluding carboxylic acids is 1. The van der Waals surface area contributed by atoms with Gasteiger partial charge in [-0.2, -0.15) is 0 Å². The van der Waals surface area contributed by atoms with Gasteiger partial charge in [0.2, 0.25) is 0 Å². The number of nitrogens with zero attached hydrogens (tertiary/aromatic N) is 2. The number of methoxy groups -OCH3 is 2. The van der Waals surface area contributed by atoms with Crippen molar-refractivity contribution in [1.82, 2.24) is 9.47 Å². The van der Waals surface area contributed by atoms with E-state index in [1.165, 1.54) is 0 Å². The average Bonchev–Trinajstić information content (AvgIpc) is 3.08. The fourth-order valence-corrected chi connectivity index (χ4v) is 3.81. The van der Waals surface area contributed by atoms with E-state index in [1.54, 1.807) is 43.1 Å². The topological polar surface area (TPSA) is 73.9 Å². The maximum atomic E-state index is 12.9. The summed E-state index contributed by atoms with van der Waals surface area (Å²) in [7, 11) is 3.11. The smallest absolute Gasteiger partial charge is 0.420 e. The Kier molecular flexibility index (Phi) is 4.81. The number of rotatable bonds is 4. The minimum Gasteiger partial charge on any atom is -0.493 e. The molecule has 0 spiro atoms. The Morgan fingerprint density at radius 3 is 2.46 bits per heavy atom. The summed E-state index contributed by atoms with van der Waals surface area (Å²) in [4.78, 5) is 27.0. The number of carbonyl (C=O) groups is 1. The second kappa shape index (κ2) is 7.42. The molecule has 4 rings (SSSR count). The van der Waals surface area contributed by atoms with Gasteiger partial charge in [0.15, 0.2) is 17.1 Å². The zero-order chi connectivity index (χ0) is 19.7. The van der Waals surface area contributed by atoms with Crippen LogP contribution in [0.1, 0.15) is 29.2 Å². The highest BCUT2D eigenvalue weighted by molar-refractivity contribution is 5.95. The van der Waals surface area contributed by atoms with E-state index in [0.29, 0.717) is 48.6 Å². The van der Waals surface area contributed by atoms with E-state index in [1.807, 2.05) is 23.1 Å². The number of hydrogen-bond donors (Lipinski definition) is 0. The number of para-hydroxylation sites is 2. The van der Waals surface area contributed by atoms with Crippen molar-refractivity contribution in [3.05, 3.63) is 58.6 Å². The van der Waals surface area contributed by atoms with Crippen molar-refractivity contribution in [3.63, 3.8) is 0 Å². The molecule has 28 heavy (non-hydrogen) atoms. The monoisotopic (exact) mass is 382 g/mol. The van der Waals surface area contributed by atoms with Gasteiger partial charge in [-0.3, -0.25) is 9.36 Å². The standard InChI is InChI=1S/C21H22N2O5/c1-26-18-8-7-14(13-19(18)27-2)20(24)22-11-9-15(10-12-22)23-16-5-3-4-6-17(16)28-21(23)25/h3-8,13,15H,9-12H2,1-2H3. The average molecular weight is 382 g/mol. The van der Waals surface area contributed by atoms with Crippen molar-refractivity contribution in [2.24, 2.45) is 0 Å². The lowest BCUT2D eigenvalue weighted by Gasteiger charge is -2.32. The number of hydrogen-bond acceptors (Lipinski definition) is 5.